The Morgan fingerprint density at radius 3 is 0.826 bits per heavy atom. The van der Waals surface area contributed by atoms with Crippen molar-refractivity contribution in [2.45, 2.75) is 463 Å². The number of rotatable bonds is 75. The summed E-state index contributed by atoms with van der Waals surface area (Å²) in [6, 6.07) is -0.625. The molecule has 0 aliphatic rings. The second kappa shape index (κ2) is 75.8. The van der Waals surface area contributed by atoms with Gasteiger partial charge in [-0.3, -0.25) is 9.59 Å². The molecule has 0 heterocycles. The van der Waals surface area contributed by atoms with Crippen LogP contribution in [0.5, 0.6) is 0 Å². The van der Waals surface area contributed by atoms with Gasteiger partial charge in [-0.2, -0.15) is 0 Å². The van der Waals surface area contributed by atoms with Gasteiger partial charge in [-0.15, -0.1) is 0 Å². The van der Waals surface area contributed by atoms with Gasteiger partial charge in [-0.1, -0.05) is 404 Å². The Hall–Kier alpha value is -1.66. The van der Waals surface area contributed by atoms with Crippen LogP contribution in [-0.2, 0) is 14.3 Å². The lowest BCUT2D eigenvalue weighted by atomic mass is 10.0. The maximum atomic E-state index is 12.6. The minimum atomic E-state index is -0.842. The van der Waals surface area contributed by atoms with E-state index in [1.54, 1.807) is 6.08 Å². The highest BCUT2D eigenvalue weighted by atomic mass is 16.5. The van der Waals surface area contributed by atoms with Crippen LogP contribution in [0.1, 0.15) is 450 Å². The van der Waals surface area contributed by atoms with E-state index in [1.165, 1.54) is 379 Å². The number of hydrogen-bond donors (Lipinski definition) is 3. The van der Waals surface area contributed by atoms with Crippen molar-refractivity contribution in [2.24, 2.45) is 0 Å². The minimum Gasteiger partial charge on any atom is -0.466 e. The molecule has 0 aliphatic carbocycles. The lowest BCUT2D eigenvalue weighted by Crippen LogP contribution is -2.45. The van der Waals surface area contributed by atoms with Crippen LogP contribution in [0, 0.1) is 0 Å². The third-order valence-corrected chi connectivity index (χ3v) is 18.7. The lowest BCUT2D eigenvalue weighted by molar-refractivity contribution is -0.143. The van der Waals surface area contributed by atoms with Crippen molar-refractivity contribution in [3.63, 3.8) is 0 Å². The molecule has 0 radical (unpaired) electrons. The van der Waals surface area contributed by atoms with Crippen LogP contribution in [0.2, 0.25) is 0 Å². The molecule has 510 valence electrons. The Morgan fingerprint density at radius 1 is 0.314 bits per heavy atom. The first-order chi connectivity index (χ1) is 42.5. The first-order valence-corrected chi connectivity index (χ1v) is 39.6. The van der Waals surface area contributed by atoms with Crippen molar-refractivity contribution in [1.29, 1.82) is 0 Å². The zero-order chi connectivity index (χ0) is 62.0. The molecule has 0 spiro atoms. The van der Waals surface area contributed by atoms with Crippen molar-refractivity contribution in [3.05, 3.63) is 24.3 Å². The fourth-order valence-electron chi connectivity index (χ4n) is 12.7. The van der Waals surface area contributed by atoms with Gasteiger partial charge >= 0.3 is 5.97 Å². The van der Waals surface area contributed by atoms with Gasteiger partial charge in [0.2, 0.25) is 5.91 Å². The molecule has 0 rings (SSSR count). The molecular formula is C80H155NO5. The van der Waals surface area contributed by atoms with E-state index in [0.717, 1.165) is 44.9 Å². The molecule has 0 aromatic heterocycles. The molecule has 6 heteroatoms. The smallest absolute Gasteiger partial charge is 0.305 e. The Balaban J connectivity index is 3.35. The van der Waals surface area contributed by atoms with Crippen molar-refractivity contribution in [3.8, 4) is 0 Å². The molecule has 86 heavy (non-hydrogen) atoms. The molecule has 2 unspecified atom stereocenters. The number of allylic oxidation sites excluding steroid dienone is 3. The average Bonchev–Trinajstić information content (AvgIpc) is 3.54. The fourth-order valence-corrected chi connectivity index (χ4v) is 12.7. The largest absolute Gasteiger partial charge is 0.466 e. The molecule has 0 aromatic rings. The Morgan fingerprint density at radius 2 is 0.547 bits per heavy atom. The predicted molar refractivity (Wildman–Crippen MR) is 380 cm³/mol. The number of hydrogen-bond acceptors (Lipinski definition) is 5. The van der Waals surface area contributed by atoms with Crippen molar-refractivity contribution in [2.75, 3.05) is 13.2 Å². The van der Waals surface area contributed by atoms with Gasteiger partial charge in [-0.05, 0) is 57.8 Å². The van der Waals surface area contributed by atoms with Crippen LogP contribution in [0.25, 0.3) is 0 Å². The van der Waals surface area contributed by atoms with Gasteiger partial charge in [0.25, 0.3) is 0 Å². The van der Waals surface area contributed by atoms with Crippen molar-refractivity contribution in [1.82, 2.24) is 5.32 Å². The van der Waals surface area contributed by atoms with E-state index in [9.17, 15) is 19.8 Å². The van der Waals surface area contributed by atoms with E-state index in [2.05, 4.69) is 31.3 Å². The average molecular weight is 1210 g/mol. The van der Waals surface area contributed by atoms with E-state index in [0.29, 0.717) is 19.4 Å². The first kappa shape index (κ1) is 84.3. The summed E-state index contributed by atoms with van der Waals surface area (Å²) < 4.78 is 5.49. The van der Waals surface area contributed by atoms with E-state index < -0.39 is 12.1 Å². The minimum absolute atomic E-state index is 0.0133. The highest BCUT2D eigenvalue weighted by Gasteiger charge is 2.18. The fraction of sp³-hybridized carbons (Fsp3) is 0.925. The van der Waals surface area contributed by atoms with Crippen LogP contribution in [0.3, 0.4) is 0 Å². The van der Waals surface area contributed by atoms with Crippen LogP contribution in [-0.4, -0.2) is 47.4 Å². The van der Waals surface area contributed by atoms with Crippen LogP contribution in [0.15, 0.2) is 24.3 Å². The van der Waals surface area contributed by atoms with Gasteiger partial charge in [-0.25, -0.2) is 0 Å². The summed E-state index contributed by atoms with van der Waals surface area (Å²) in [5, 5.41) is 23.3. The Kier molecular flexibility index (Phi) is 74.3. The number of amides is 1. The molecule has 0 bridgehead atoms. The molecule has 3 N–H and O–H groups in total. The lowest BCUT2D eigenvalue weighted by Gasteiger charge is -2.20. The molecule has 0 saturated carbocycles. The monoisotopic (exact) mass is 1210 g/mol. The summed E-state index contributed by atoms with van der Waals surface area (Å²) in [6.07, 6.45) is 97.3. The number of aliphatic hydroxyl groups excluding tert-OH is 2. The number of carbonyl (C=O) groups is 2. The molecule has 0 saturated heterocycles. The Bertz CT molecular complexity index is 1350. The van der Waals surface area contributed by atoms with Crippen molar-refractivity contribution < 1.29 is 24.5 Å². The number of aliphatic hydroxyl groups is 2. The maximum Gasteiger partial charge on any atom is 0.305 e. The number of nitrogens with one attached hydrogen (secondary N) is 1. The highest BCUT2D eigenvalue weighted by molar-refractivity contribution is 5.76. The summed E-state index contributed by atoms with van der Waals surface area (Å²) in [5.74, 6) is -0.0450. The van der Waals surface area contributed by atoms with Gasteiger partial charge in [0.05, 0.1) is 25.4 Å². The van der Waals surface area contributed by atoms with Gasteiger partial charge in [0.1, 0.15) is 0 Å². The van der Waals surface area contributed by atoms with Crippen LogP contribution < -0.4 is 5.32 Å². The standard InChI is InChI=1S/C80H155NO5/c1-3-5-7-9-11-13-15-17-19-20-21-22-33-36-39-42-45-48-52-56-60-64-68-72-78(83)77(76-82)81-79(84)73-69-65-61-57-53-49-46-43-40-37-34-31-29-27-25-23-24-26-28-30-32-35-38-41-44-47-51-55-59-63-67-71-75-86-80(85)74-70-66-62-58-54-50-18-16-14-12-10-8-6-4-2/h16,18,68,72,77-78,82-83H,3-15,17,19-67,69-71,73-76H2,1-2H3,(H,81,84)/b18-16-,72-68+. The van der Waals surface area contributed by atoms with Gasteiger partial charge < -0.3 is 20.3 Å². The number of unbranched alkanes of at least 4 members (excludes halogenated alkanes) is 62. The number of ether oxygens (including phenoxy) is 1. The molecule has 0 aromatic carbocycles. The second-order valence-electron chi connectivity index (χ2n) is 27.4. The molecule has 6 nitrogen and oxygen atoms in total. The second-order valence-corrected chi connectivity index (χ2v) is 27.4. The number of carbonyl (C=O) groups excluding carboxylic acids is 2. The summed E-state index contributed by atoms with van der Waals surface area (Å²) >= 11 is 0. The van der Waals surface area contributed by atoms with E-state index >= 15 is 0 Å². The third-order valence-electron chi connectivity index (χ3n) is 18.7. The quantitative estimate of drug-likeness (QED) is 0.0320. The van der Waals surface area contributed by atoms with E-state index in [-0.39, 0.29) is 18.5 Å². The summed E-state index contributed by atoms with van der Waals surface area (Å²) in [5.41, 5.74) is 0. The topological polar surface area (TPSA) is 95.9 Å². The van der Waals surface area contributed by atoms with Crippen LogP contribution in [0.4, 0.5) is 0 Å². The SMILES string of the molecule is CCCCCCC/C=C\CCCCCCCC(=O)OCCCCCCCCCCCCCCCCCCCCCCCCCCCCCCCCCCC(=O)NC(CO)C(O)/C=C/CCCCCCCCCCCCCCCCCCCCCCC. The summed E-state index contributed by atoms with van der Waals surface area (Å²) in [4.78, 5) is 24.6. The van der Waals surface area contributed by atoms with Crippen LogP contribution >= 0.6 is 0 Å². The summed E-state index contributed by atoms with van der Waals surface area (Å²) in [6.45, 7) is 4.94. The van der Waals surface area contributed by atoms with E-state index in [4.69, 9.17) is 4.74 Å². The maximum absolute atomic E-state index is 12.6. The van der Waals surface area contributed by atoms with Gasteiger partial charge in [0, 0.05) is 12.8 Å². The predicted octanol–water partition coefficient (Wildman–Crippen LogP) is 26.0. The van der Waals surface area contributed by atoms with E-state index in [1.807, 2.05) is 6.08 Å². The first-order valence-electron chi connectivity index (χ1n) is 39.6. The third kappa shape index (κ3) is 71.4. The van der Waals surface area contributed by atoms with Crippen molar-refractivity contribution >= 4 is 11.9 Å². The molecule has 2 atom stereocenters. The zero-order valence-corrected chi connectivity index (χ0v) is 58.6. The summed E-state index contributed by atoms with van der Waals surface area (Å²) in [7, 11) is 0. The molecular weight excluding hydrogens is 1050 g/mol. The molecule has 1 amide bonds. The highest BCUT2D eigenvalue weighted by Crippen LogP contribution is 2.20. The normalized spacial score (nSPS) is 12.6. The number of esters is 1. The zero-order valence-electron chi connectivity index (χ0n) is 58.6. The molecule has 0 aliphatic heterocycles. The Labute approximate surface area is 539 Å². The molecule has 0 fully saturated rings. The van der Waals surface area contributed by atoms with Gasteiger partial charge in [0.15, 0.2) is 0 Å².